The maximum Gasteiger partial charge on any atom is 0.0496 e. The fourth-order valence-corrected chi connectivity index (χ4v) is 5.96. The SMILES string of the molecule is C(=C\c1ccc2cc3ccccc3cc2c1)/c1ccc(N(c2ccccc2)c2cccc3c2CCCC3)cc1. The summed E-state index contributed by atoms with van der Waals surface area (Å²) in [5.74, 6) is 0. The number of rotatable bonds is 5. The summed E-state index contributed by atoms with van der Waals surface area (Å²) in [6.45, 7) is 0. The van der Waals surface area contributed by atoms with Gasteiger partial charge in [-0.05, 0) is 118 Å². The number of hydrogen-bond acceptors (Lipinski definition) is 1. The van der Waals surface area contributed by atoms with E-state index < -0.39 is 0 Å². The van der Waals surface area contributed by atoms with Crippen LogP contribution in [0, 0.1) is 0 Å². The van der Waals surface area contributed by atoms with E-state index in [0.29, 0.717) is 0 Å². The van der Waals surface area contributed by atoms with Gasteiger partial charge in [0.1, 0.15) is 0 Å². The van der Waals surface area contributed by atoms with Gasteiger partial charge < -0.3 is 4.90 Å². The molecule has 39 heavy (non-hydrogen) atoms. The highest BCUT2D eigenvalue weighted by Gasteiger charge is 2.19. The predicted molar refractivity (Wildman–Crippen MR) is 168 cm³/mol. The fraction of sp³-hybridized carbons (Fsp3) is 0.105. The average molecular weight is 502 g/mol. The maximum absolute atomic E-state index is 2.42. The molecule has 0 radical (unpaired) electrons. The van der Waals surface area contributed by atoms with Crippen LogP contribution >= 0.6 is 0 Å². The summed E-state index contributed by atoms with van der Waals surface area (Å²) in [6.07, 6.45) is 9.31. The standard InChI is InChI=1S/C38H31N/c1-2-13-35(14-3-1)39(38-16-8-12-30-9-6-7-15-37(30)38)36-23-20-28(21-24-36)17-18-29-19-22-33-26-31-10-4-5-11-32(31)27-34(33)25-29/h1-5,8,10-14,16-27H,6-7,9,15H2/b18-17+. The third-order valence-electron chi connectivity index (χ3n) is 7.97. The molecule has 6 aromatic carbocycles. The van der Waals surface area contributed by atoms with Crippen LogP contribution in [-0.2, 0) is 12.8 Å². The van der Waals surface area contributed by atoms with E-state index in [1.54, 1.807) is 0 Å². The van der Waals surface area contributed by atoms with Crippen molar-refractivity contribution in [3.63, 3.8) is 0 Å². The number of aryl methyl sites for hydroxylation is 1. The molecule has 188 valence electrons. The molecular formula is C38H31N. The summed E-state index contributed by atoms with van der Waals surface area (Å²) < 4.78 is 0. The highest BCUT2D eigenvalue weighted by atomic mass is 15.1. The lowest BCUT2D eigenvalue weighted by Gasteiger charge is -2.30. The fourth-order valence-electron chi connectivity index (χ4n) is 5.96. The van der Waals surface area contributed by atoms with Crippen molar-refractivity contribution in [1.29, 1.82) is 0 Å². The zero-order chi connectivity index (χ0) is 26.0. The Morgan fingerprint density at radius 2 is 1.10 bits per heavy atom. The van der Waals surface area contributed by atoms with Crippen molar-refractivity contribution in [2.45, 2.75) is 25.7 Å². The largest absolute Gasteiger partial charge is 0.310 e. The number of nitrogens with zero attached hydrogens (tertiary/aromatic N) is 1. The first-order valence-electron chi connectivity index (χ1n) is 14.0. The van der Waals surface area contributed by atoms with Gasteiger partial charge in [0.15, 0.2) is 0 Å². The molecule has 1 aliphatic carbocycles. The van der Waals surface area contributed by atoms with Gasteiger partial charge in [-0.15, -0.1) is 0 Å². The van der Waals surface area contributed by atoms with Crippen LogP contribution in [0.5, 0.6) is 0 Å². The van der Waals surface area contributed by atoms with Crippen LogP contribution in [0.3, 0.4) is 0 Å². The second kappa shape index (κ2) is 10.3. The average Bonchev–Trinajstić information content (AvgIpc) is 3.00. The summed E-state index contributed by atoms with van der Waals surface area (Å²) in [5, 5.41) is 5.12. The highest BCUT2D eigenvalue weighted by Crippen LogP contribution is 2.40. The first-order valence-corrected chi connectivity index (χ1v) is 14.0. The molecule has 0 atom stereocenters. The topological polar surface area (TPSA) is 3.24 Å². The molecule has 0 aromatic heterocycles. The Labute approximate surface area is 230 Å². The Morgan fingerprint density at radius 3 is 1.92 bits per heavy atom. The summed E-state index contributed by atoms with van der Waals surface area (Å²) in [6, 6.07) is 46.4. The molecule has 0 saturated carbocycles. The van der Waals surface area contributed by atoms with Gasteiger partial charge in [0.25, 0.3) is 0 Å². The zero-order valence-electron chi connectivity index (χ0n) is 22.1. The number of para-hydroxylation sites is 1. The van der Waals surface area contributed by atoms with E-state index in [-0.39, 0.29) is 0 Å². The van der Waals surface area contributed by atoms with Crippen molar-refractivity contribution in [3.05, 3.63) is 150 Å². The van der Waals surface area contributed by atoms with Gasteiger partial charge in [0.2, 0.25) is 0 Å². The van der Waals surface area contributed by atoms with Crippen LogP contribution in [0.2, 0.25) is 0 Å². The van der Waals surface area contributed by atoms with Gasteiger partial charge in [-0.2, -0.15) is 0 Å². The van der Waals surface area contributed by atoms with E-state index in [2.05, 4.69) is 144 Å². The van der Waals surface area contributed by atoms with E-state index in [0.717, 1.165) is 6.42 Å². The number of fused-ring (bicyclic) bond motifs is 3. The molecular weight excluding hydrogens is 470 g/mol. The maximum atomic E-state index is 2.42. The number of hydrogen-bond donors (Lipinski definition) is 0. The summed E-state index contributed by atoms with van der Waals surface area (Å²) >= 11 is 0. The third kappa shape index (κ3) is 4.73. The lowest BCUT2D eigenvalue weighted by atomic mass is 9.90. The second-order valence-corrected chi connectivity index (χ2v) is 10.5. The van der Waals surface area contributed by atoms with E-state index in [1.165, 1.54) is 80.1 Å². The lowest BCUT2D eigenvalue weighted by molar-refractivity contribution is 0.686. The minimum Gasteiger partial charge on any atom is -0.310 e. The normalized spacial score (nSPS) is 13.1. The molecule has 0 spiro atoms. The van der Waals surface area contributed by atoms with E-state index in [9.17, 15) is 0 Å². The van der Waals surface area contributed by atoms with Crippen molar-refractivity contribution in [2.75, 3.05) is 4.90 Å². The first-order chi connectivity index (χ1) is 19.3. The monoisotopic (exact) mass is 501 g/mol. The quantitative estimate of drug-likeness (QED) is 0.168. The van der Waals surface area contributed by atoms with Crippen LogP contribution in [0.1, 0.15) is 35.1 Å². The summed E-state index contributed by atoms with van der Waals surface area (Å²) in [5.41, 5.74) is 9.11. The molecule has 0 heterocycles. The number of anilines is 3. The van der Waals surface area contributed by atoms with Crippen molar-refractivity contribution in [3.8, 4) is 0 Å². The van der Waals surface area contributed by atoms with Crippen molar-refractivity contribution in [1.82, 2.24) is 0 Å². The van der Waals surface area contributed by atoms with Gasteiger partial charge >= 0.3 is 0 Å². The van der Waals surface area contributed by atoms with E-state index in [1.807, 2.05) is 0 Å². The Kier molecular flexibility index (Phi) is 6.19. The Balaban J connectivity index is 1.20. The molecule has 1 heteroatoms. The smallest absolute Gasteiger partial charge is 0.0496 e. The van der Waals surface area contributed by atoms with Crippen LogP contribution in [-0.4, -0.2) is 0 Å². The van der Waals surface area contributed by atoms with Gasteiger partial charge in [-0.25, -0.2) is 0 Å². The van der Waals surface area contributed by atoms with Crippen LogP contribution in [0.4, 0.5) is 17.1 Å². The van der Waals surface area contributed by atoms with Gasteiger partial charge in [0, 0.05) is 17.1 Å². The zero-order valence-corrected chi connectivity index (χ0v) is 22.1. The van der Waals surface area contributed by atoms with Crippen molar-refractivity contribution < 1.29 is 0 Å². The van der Waals surface area contributed by atoms with Gasteiger partial charge in [0.05, 0.1) is 0 Å². The Bertz CT molecular complexity index is 1800. The minimum absolute atomic E-state index is 1.15. The summed E-state index contributed by atoms with van der Waals surface area (Å²) in [4.78, 5) is 2.42. The summed E-state index contributed by atoms with van der Waals surface area (Å²) in [7, 11) is 0. The molecule has 0 amide bonds. The lowest BCUT2D eigenvalue weighted by Crippen LogP contribution is -2.15. The Hall–Kier alpha value is -4.62. The Morgan fingerprint density at radius 1 is 0.462 bits per heavy atom. The molecule has 0 N–H and O–H groups in total. The molecule has 0 fully saturated rings. The molecule has 1 nitrogen and oxygen atoms in total. The van der Waals surface area contributed by atoms with Gasteiger partial charge in [-0.3, -0.25) is 0 Å². The molecule has 1 aliphatic rings. The van der Waals surface area contributed by atoms with E-state index in [4.69, 9.17) is 0 Å². The van der Waals surface area contributed by atoms with Crippen molar-refractivity contribution >= 4 is 50.8 Å². The predicted octanol–water partition coefficient (Wildman–Crippen LogP) is 10.5. The second-order valence-electron chi connectivity index (χ2n) is 10.5. The van der Waals surface area contributed by atoms with Crippen LogP contribution < -0.4 is 4.90 Å². The highest BCUT2D eigenvalue weighted by molar-refractivity contribution is 5.99. The van der Waals surface area contributed by atoms with Crippen molar-refractivity contribution in [2.24, 2.45) is 0 Å². The molecule has 0 aliphatic heterocycles. The molecule has 6 aromatic rings. The molecule has 0 bridgehead atoms. The minimum atomic E-state index is 1.15. The van der Waals surface area contributed by atoms with Crippen LogP contribution in [0.15, 0.2) is 127 Å². The van der Waals surface area contributed by atoms with Crippen LogP contribution in [0.25, 0.3) is 33.7 Å². The van der Waals surface area contributed by atoms with Gasteiger partial charge in [-0.1, -0.05) is 91.0 Å². The molecule has 7 rings (SSSR count). The first kappa shape index (κ1) is 23.5. The molecule has 0 unspecified atom stereocenters. The molecule has 0 saturated heterocycles. The van der Waals surface area contributed by atoms with E-state index >= 15 is 0 Å². The third-order valence-corrected chi connectivity index (χ3v) is 7.97. The number of benzene rings is 6.